The molecule has 1 atom stereocenters. The molecule has 0 saturated heterocycles. The van der Waals surface area contributed by atoms with E-state index in [0.29, 0.717) is 11.8 Å². The summed E-state index contributed by atoms with van der Waals surface area (Å²) in [6, 6.07) is 6.49. The normalized spacial score (nSPS) is 20.9. The average molecular weight is 275 g/mol. The topological polar surface area (TPSA) is 23.5 Å². The minimum absolute atomic E-state index is 0.108. The smallest absolute Gasteiger partial charge is 0.115 e. The highest BCUT2D eigenvalue weighted by Gasteiger charge is 2.39. The molecule has 1 aliphatic carbocycles. The predicted octanol–water partition coefficient (Wildman–Crippen LogP) is 4.11. The third-order valence-corrected chi connectivity index (χ3v) is 4.77. The number of nitrogens with zero attached hydrogens (tertiary/aromatic N) is 1. The van der Waals surface area contributed by atoms with Crippen LogP contribution in [0.1, 0.15) is 58.1 Å². The number of fused-ring (bicyclic) bond motifs is 1. The van der Waals surface area contributed by atoms with Gasteiger partial charge >= 0.3 is 0 Å². The summed E-state index contributed by atoms with van der Waals surface area (Å²) < 4.78 is 0. The highest BCUT2D eigenvalue weighted by atomic mass is 16.3. The summed E-state index contributed by atoms with van der Waals surface area (Å²) in [6.07, 6.45) is 4.78. The highest BCUT2D eigenvalue weighted by molar-refractivity contribution is 5.42. The van der Waals surface area contributed by atoms with E-state index in [1.807, 2.05) is 12.1 Å². The molecule has 2 nitrogen and oxygen atoms in total. The van der Waals surface area contributed by atoms with Crippen molar-refractivity contribution in [3.05, 3.63) is 29.3 Å². The van der Waals surface area contributed by atoms with Crippen LogP contribution in [0.5, 0.6) is 5.75 Å². The summed E-state index contributed by atoms with van der Waals surface area (Å²) in [4.78, 5) is 2.66. The molecule has 0 saturated carbocycles. The van der Waals surface area contributed by atoms with Crippen molar-refractivity contribution in [1.82, 2.24) is 4.90 Å². The summed E-state index contributed by atoms with van der Waals surface area (Å²) in [7, 11) is 0. The maximum atomic E-state index is 9.84. The van der Waals surface area contributed by atoms with Crippen molar-refractivity contribution in [3.63, 3.8) is 0 Å². The van der Waals surface area contributed by atoms with Crippen molar-refractivity contribution >= 4 is 0 Å². The third-order valence-electron chi connectivity index (χ3n) is 4.77. The standard InChI is InChI=1S/C18H29NO/c1-5-11-19(12-6-2)17-10-8-14-7-9-15(20)13-16(14)18(17,3)4/h7,9,13,17,20H,5-6,8,10-12H2,1-4H3/t17-/m1/s1. The van der Waals surface area contributed by atoms with Gasteiger partial charge in [0.1, 0.15) is 5.75 Å². The zero-order chi connectivity index (χ0) is 14.8. The van der Waals surface area contributed by atoms with Crippen LogP contribution < -0.4 is 0 Å². The summed E-state index contributed by atoms with van der Waals surface area (Å²) in [5.74, 6) is 0.398. The Morgan fingerprint density at radius 3 is 2.45 bits per heavy atom. The minimum Gasteiger partial charge on any atom is -0.508 e. The second kappa shape index (κ2) is 6.17. The largest absolute Gasteiger partial charge is 0.508 e. The van der Waals surface area contributed by atoms with E-state index in [2.05, 4.69) is 38.7 Å². The summed E-state index contributed by atoms with van der Waals surface area (Å²) in [5.41, 5.74) is 2.86. The lowest BCUT2D eigenvalue weighted by molar-refractivity contribution is 0.116. The average Bonchev–Trinajstić information content (AvgIpc) is 2.39. The van der Waals surface area contributed by atoms with Crippen LogP contribution in [0.25, 0.3) is 0 Å². The van der Waals surface area contributed by atoms with Gasteiger partial charge < -0.3 is 5.11 Å². The monoisotopic (exact) mass is 275 g/mol. The van der Waals surface area contributed by atoms with Gasteiger partial charge in [0.15, 0.2) is 0 Å². The van der Waals surface area contributed by atoms with E-state index < -0.39 is 0 Å². The van der Waals surface area contributed by atoms with Crippen LogP contribution >= 0.6 is 0 Å². The number of benzene rings is 1. The van der Waals surface area contributed by atoms with Crippen LogP contribution in [0, 0.1) is 0 Å². The lowest BCUT2D eigenvalue weighted by atomic mass is 9.68. The van der Waals surface area contributed by atoms with Gasteiger partial charge in [-0.2, -0.15) is 0 Å². The van der Waals surface area contributed by atoms with Crippen molar-refractivity contribution < 1.29 is 5.11 Å². The summed E-state index contributed by atoms with van der Waals surface area (Å²) >= 11 is 0. The van der Waals surface area contributed by atoms with E-state index in [9.17, 15) is 5.11 Å². The first-order chi connectivity index (χ1) is 9.50. The van der Waals surface area contributed by atoms with Crippen LogP contribution in [0.4, 0.5) is 0 Å². The van der Waals surface area contributed by atoms with E-state index >= 15 is 0 Å². The van der Waals surface area contributed by atoms with E-state index in [-0.39, 0.29) is 5.41 Å². The molecular weight excluding hydrogens is 246 g/mol. The molecule has 0 amide bonds. The van der Waals surface area contributed by atoms with Gasteiger partial charge in [-0.3, -0.25) is 4.90 Å². The summed E-state index contributed by atoms with van der Waals surface area (Å²) in [5, 5.41) is 9.84. The SMILES string of the molecule is CCCN(CCC)[C@@H]1CCc2ccc(O)cc2C1(C)C. The van der Waals surface area contributed by atoms with Crippen molar-refractivity contribution in [1.29, 1.82) is 0 Å². The molecule has 1 N–H and O–H groups in total. The van der Waals surface area contributed by atoms with Crippen LogP contribution in [0.2, 0.25) is 0 Å². The Hall–Kier alpha value is -1.02. The summed E-state index contributed by atoms with van der Waals surface area (Å²) in [6.45, 7) is 11.6. The maximum Gasteiger partial charge on any atom is 0.115 e. The molecule has 0 spiro atoms. The molecule has 0 unspecified atom stereocenters. The molecule has 20 heavy (non-hydrogen) atoms. The number of aryl methyl sites for hydroxylation is 1. The van der Waals surface area contributed by atoms with Crippen molar-refractivity contribution in [3.8, 4) is 5.75 Å². The molecule has 0 radical (unpaired) electrons. The van der Waals surface area contributed by atoms with E-state index in [1.54, 1.807) is 0 Å². The van der Waals surface area contributed by atoms with Crippen LogP contribution in [0.3, 0.4) is 0 Å². The van der Waals surface area contributed by atoms with Crippen LogP contribution in [-0.4, -0.2) is 29.1 Å². The molecule has 0 fully saturated rings. The number of phenolic OH excluding ortho intramolecular Hbond substituents is 1. The van der Waals surface area contributed by atoms with Crippen LogP contribution in [-0.2, 0) is 11.8 Å². The number of hydrogen-bond donors (Lipinski definition) is 1. The fourth-order valence-corrected chi connectivity index (χ4v) is 3.85. The number of hydrogen-bond acceptors (Lipinski definition) is 2. The van der Waals surface area contributed by atoms with Gasteiger partial charge in [-0.15, -0.1) is 0 Å². The Bertz CT molecular complexity index is 447. The molecule has 1 aromatic rings. The zero-order valence-electron chi connectivity index (χ0n) is 13.4. The molecule has 0 aromatic heterocycles. The predicted molar refractivity (Wildman–Crippen MR) is 85.4 cm³/mol. The van der Waals surface area contributed by atoms with Crippen molar-refractivity contribution in [2.45, 2.75) is 64.8 Å². The third kappa shape index (κ3) is 2.85. The first kappa shape index (κ1) is 15.4. The highest BCUT2D eigenvalue weighted by Crippen LogP contribution is 2.41. The lowest BCUT2D eigenvalue weighted by Gasteiger charge is -2.46. The van der Waals surface area contributed by atoms with Gasteiger partial charge in [0.05, 0.1) is 0 Å². The van der Waals surface area contributed by atoms with Crippen molar-refractivity contribution in [2.24, 2.45) is 0 Å². The second-order valence-corrected chi connectivity index (χ2v) is 6.65. The Morgan fingerprint density at radius 2 is 1.85 bits per heavy atom. The molecule has 2 rings (SSSR count). The molecule has 0 heterocycles. The number of phenols is 1. The first-order valence-corrected chi connectivity index (χ1v) is 8.07. The Balaban J connectivity index is 2.33. The van der Waals surface area contributed by atoms with Crippen molar-refractivity contribution in [2.75, 3.05) is 13.1 Å². The van der Waals surface area contributed by atoms with Gasteiger partial charge in [0.2, 0.25) is 0 Å². The molecule has 1 aliphatic rings. The molecule has 0 bridgehead atoms. The van der Waals surface area contributed by atoms with Gasteiger partial charge in [0, 0.05) is 11.5 Å². The number of aromatic hydroxyl groups is 1. The maximum absolute atomic E-state index is 9.84. The molecule has 1 aromatic carbocycles. The lowest BCUT2D eigenvalue weighted by Crippen LogP contribution is -2.50. The number of rotatable bonds is 5. The van der Waals surface area contributed by atoms with E-state index in [4.69, 9.17) is 0 Å². The quantitative estimate of drug-likeness (QED) is 0.874. The Labute approximate surface area is 123 Å². The fraction of sp³-hybridized carbons (Fsp3) is 0.667. The van der Waals surface area contributed by atoms with Gasteiger partial charge in [-0.05, 0) is 62.0 Å². The molecule has 112 valence electrons. The van der Waals surface area contributed by atoms with Gasteiger partial charge in [-0.25, -0.2) is 0 Å². The molecule has 0 aliphatic heterocycles. The van der Waals surface area contributed by atoms with E-state index in [0.717, 1.165) is 6.42 Å². The van der Waals surface area contributed by atoms with Gasteiger partial charge in [0.25, 0.3) is 0 Å². The minimum atomic E-state index is 0.108. The van der Waals surface area contributed by atoms with Gasteiger partial charge in [-0.1, -0.05) is 33.8 Å². The molecular formula is C18H29NO. The second-order valence-electron chi connectivity index (χ2n) is 6.65. The first-order valence-electron chi connectivity index (χ1n) is 8.07. The fourth-order valence-electron chi connectivity index (χ4n) is 3.85. The Morgan fingerprint density at radius 1 is 1.20 bits per heavy atom. The van der Waals surface area contributed by atoms with Crippen LogP contribution in [0.15, 0.2) is 18.2 Å². The zero-order valence-corrected chi connectivity index (χ0v) is 13.4. The molecule has 2 heteroatoms. The Kier molecular flexibility index (Phi) is 4.74. The van der Waals surface area contributed by atoms with E-state index in [1.165, 1.54) is 43.5 Å².